The first-order valence-corrected chi connectivity index (χ1v) is 10.1. The molecule has 1 heterocycles. The molecule has 1 aromatic rings. The summed E-state index contributed by atoms with van der Waals surface area (Å²) in [5.74, 6) is -3.42. The van der Waals surface area contributed by atoms with Crippen molar-refractivity contribution in [2.75, 3.05) is 27.4 Å². The van der Waals surface area contributed by atoms with E-state index in [4.69, 9.17) is 14.2 Å². The lowest BCUT2D eigenvalue weighted by atomic mass is 9.69. The number of phenols is 1. The molecule has 3 atom stereocenters. The monoisotopic (exact) mass is 429 g/mol. The molecule has 0 bridgehead atoms. The van der Waals surface area contributed by atoms with Crippen molar-refractivity contribution in [1.29, 1.82) is 0 Å². The SMILES string of the molecule is COCCOC(=O)C1=C(C)NC2=C(C(=O)[C@H](C(=O)OC)[C@H](C)C2)[C@H]1c1ccc(O)cc1. The molecule has 0 amide bonds. The van der Waals surface area contributed by atoms with Gasteiger partial charge in [0.1, 0.15) is 18.3 Å². The first-order chi connectivity index (χ1) is 14.8. The maximum absolute atomic E-state index is 13.5. The Balaban J connectivity index is 2.11. The van der Waals surface area contributed by atoms with Crippen LogP contribution in [-0.2, 0) is 28.6 Å². The molecule has 8 nitrogen and oxygen atoms in total. The van der Waals surface area contributed by atoms with Crippen LogP contribution in [0.15, 0.2) is 46.8 Å². The van der Waals surface area contributed by atoms with E-state index in [2.05, 4.69) is 5.32 Å². The lowest BCUT2D eigenvalue weighted by molar-refractivity contribution is -0.151. The molecule has 1 aromatic carbocycles. The minimum absolute atomic E-state index is 0.0628. The number of carbonyl (C=O) groups excluding carboxylic acids is 3. The number of Topliss-reactive ketones (excluding diaryl/α,β-unsaturated/α-hetero) is 1. The van der Waals surface area contributed by atoms with Gasteiger partial charge in [0.15, 0.2) is 5.78 Å². The summed E-state index contributed by atoms with van der Waals surface area (Å²) in [4.78, 5) is 38.9. The number of allylic oxidation sites excluding steroid dienone is 3. The first kappa shape index (κ1) is 22.6. The molecule has 0 radical (unpaired) electrons. The fourth-order valence-electron chi connectivity index (χ4n) is 4.25. The smallest absolute Gasteiger partial charge is 0.336 e. The molecular formula is C23H27NO7. The molecule has 2 N–H and O–H groups in total. The van der Waals surface area contributed by atoms with Crippen LogP contribution in [0.25, 0.3) is 0 Å². The molecule has 0 saturated carbocycles. The predicted octanol–water partition coefficient (Wildman–Crippen LogP) is 2.19. The second-order valence-corrected chi connectivity index (χ2v) is 7.76. The molecule has 0 spiro atoms. The number of hydrogen-bond acceptors (Lipinski definition) is 8. The standard InChI is InChI=1S/C23H27NO7/c1-12-11-16-20(21(26)17(12)22(27)30-4)19(14-5-7-15(25)8-6-14)18(13(2)24-16)23(28)31-10-9-29-3/h5-8,12,17,19,24-25H,9-11H2,1-4H3/t12-,17-,19+/m1/s1. The van der Waals surface area contributed by atoms with Gasteiger partial charge in [0.2, 0.25) is 0 Å². The number of nitrogens with one attached hydrogen (secondary N) is 1. The van der Waals surface area contributed by atoms with Crippen molar-refractivity contribution >= 4 is 17.7 Å². The van der Waals surface area contributed by atoms with Crippen molar-refractivity contribution in [3.63, 3.8) is 0 Å². The third kappa shape index (κ3) is 4.34. The van der Waals surface area contributed by atoms with Crippen LogP contribution in [0.1, 0.15) is 31.7 Å². The Bertz CT molecular complexity index is 945. The van der Waals surface area contributed by atoms with Gasteiger partial charge in [0.05, 0.1) is 19.3 Å². The van der Waals surface area contributed by atoms with E-state index in [1.807, 2.05) is 6.92 Å². The summed E-state index contributed by atoms with van der Waals surface area (Å²) in [5, 5.41) is 12.9. The fraction of sp³-hybridized carbons (Fsp3) is 0.435. The van der Waals surface area contributed by atoms with E-state index >= 15 is 0 Å². The Kier molecular flexibility index (Phi) is 6.80. The Morgan fingerprint density at radius 1 is 1.16 bits per heavy atom. The molecule has 1 aliphatic carbocycles. The zero-order valence-electron chi connectivity index (χ0n) is 18.1. The highest BCUT2D eigenvalue weighted by molar-refractivity contribution is 6.12. The van der Waals surface area contributed by atoms with E-state index < -0.39 is 23.8 Å². The van der Waals surface area contributed by atoms with E-state index in [9.17, 15) is 19.5 Å². The number of esters is 2. The number of benzene rings is 1. The third-order valence-electron chi connectivity index (χ3n) is 5.71. The summed E-state index contributed by atoms with van der Waals surface area (Å²) in [6, 6.07) is 6.30. The van der Waals surface area contributed by atoms with Crippen molar-refractivity contribution in [2.45, 2.75) is 26.2 Å². The molecule has 0 unspecified atom stereocenters. The van der Waals surface area contributed by atoms with Gasteiger partial charge in [-0.25, -0.2) is 4.79 Å². The Labute approximate surface area is 180 Å². The number of carbonyl (C=O) groups is 3. The van der Waals surface area contributed by atoms with Gasteiger partial charge < -0.3 is 24.6 Å². The number of methoxy groups -OCH3 is 2. The molecule has 0 saturated heterocycles. The Hall–Kier alpha value is -3.13. The third-order valence-corrected chi connectivity index (χ3v) is 5.71. The molecule has 8 heteroatoms. The lowest BCUT2D eigenvalue weighted by Gasteiger charge is -2.38. The van der Waals surface area contributed by atoms with E-state index in [1.54, 1.807) is 19.1 Å². The van der Waals surface area contributed by atoms with Gasteiger partial charge in [0, 0.05) is 30.0 Å². The Morgan fingerprint density at radius 2 is 1.84 bits per heavy atom. The van der Waals surface area contributed by atoms with Crippen LogP contribution in [0.5, 0.6) is 5.75 Å². The van der Waals surface area contributed by atoms with Crippen molar-refractivity contribution in [2.24, 2.45) is 11.8 Å². The minimum atomic E-state index is -0.950. The van der Waals surface area contributed by atoms with Crippen molar-refractivity contribution < 1.29 is 33.7 Å². The highest BCUT2D eigenvalue weighted by Gasteiger charge is 2.47. The van der Waals surface area contributed by atoms with Gasteiger partial charge in [-0.2, -0.15) is 0 Å². The number of dihydropyridines is 1. The lowest BCUT2D eigenvalue weighted by Crippen LogP contribution is -2.43. The molecule has 166 valence electrons. The molecule has 0 aromatic heterocycles. The summed E-state index contributed by atoms with van der Waals surface area (Å²) < 4.78 is 15.2. The van der Waals surface area contributed by atoms with Crippen LogP contribution in [0.4, 0.5) is 0 Å². The van der Waals surface area contributed by atoms with Gasteiger partial charge in [-0.15, -0.1) is 0 Å². The minimum Gasteiger partial charge on any atom is -0.508 e. The van der Waals surface area contributed by atoms with Crippen molar-refractivity contribution in [1.82, 2.24) is 5.32 Å². The van der Waals surface area contributed by atoms with Crippen molar-refractivity contribution in [3.8, 4) is 5.75 Å². The summed E-state index contributed by atoms with van der Waals surface area (Å²) in [6.07, 6.45) is 0.457. The summed E-state index contributed by atoms with van der Waals surface area (Å²) in [5.41, 5.74) is 2.53. The van der Waals surface area contributed by atoms with Gasteiger partial charge >= 0.3 is 11.9 Å². The molecule has 0 fully saturated rings. The molecule has 2 aliphatic rings. The maximum atomic E-state index is 13.5. The normalized spacial score (nSPS) is 23.2. The second kappa shape index (κ2) is 9.34. The van der Waals surface area contributed by atoms with E-state index in [0.717, 1.165) is 0 Å². The largest absolute Gasteiger partial charge is 0.508 e. The number of ketones is 1. The van der Waals surface area contributed by atoms with Crippen LogP contribution < -0.4 is 5.32 Å². The van der Waals surface area contributed by atoms with E-state index in [-0.39, 0.29) is 36.2 Å². The van der Waals surface area contributed by atoms with Gasteiger partial charge in [-0.1, -0.05) is 19.1 Å². The number of rotatable bonds is 6. The van der Waals surface area contributed by atoms with Gasteiger partial charge in [-0.05, 0) is 37.0 Å². The molecular weight excluding hydrogens is 402 g/mol. The van der Waals surface area contributed by atoms with Gasteiger partial charge in [0.25, 0.3) is 0 Å². The van der Waals surface area contributed by atoms with Crippen molar-refractivity contribution in [3.05, 3.63) is 52.4 Å². The maximum Gasteiger partial charge on any atom is 0.336 e. The van der Waals surface area contributed by atoms with Crippen LogP contribution in [0.2, 0.25) is 0 Å². The van der Waals surface area contributed by atoms with E-state index in [0.29, 0.717) is 29.0 Å². The summed E-state index contributed by atoms with van der Waals surface area (Å²) >= 11 is 0. The van der Waals surface area contributed by atoms with Gasteiger partial charge in [-0.3, -0.25) is 9.59 Å². The molecule has 1 aliphatic heterocycles. The second-order valence-electron chi connectivity index (χ2n) is 7.76. The average Bonchev–Trinajstić information content (AvgIpc) is 2.73. The van der Waals surface area contributed by atoms with Crippen LogP contribution >= 0.6 is 0 Å². The van der Waals surface area contributed by atoms with Crippen LogP contribution in [0.3, 0.4) is 0 Å². The zero-order valence-corrected chi connectivity index (χ0v) is 18.1. The number of phenolic OH excluding ortho intramolecular Hbond substituents is 1. The predicted molar refractivity (Wildman–Crippen MR) is 111 cm³/mol. The summed E-state index contributed by atoms with van der Waals surface area (Å²) in [6.45, 7) is 3.89. The molecule has 31 heavy (non-hydrogen) atoms. The average molecular weight is 429 g/mol. The van der Waals surface area contributed by atoms with Crippen LogP contribution in [-0.4, -0.2) is 50.3 Å². The summed E-state index contributed by atoms with van der Waals surface area (Å²) in [7, 11) is 2.76. The Morgan fingerprint density at radius 3 is 2.45 bits per heavy atom. The highest BCUT2D eigenvalue weighted by atomic mass is 16.6. The zero-order chi connectivity index (χ0) is 22.7. The number of ether oxygens (including phenoxy) is 3. The quantitative estimate of drug-likeness (QED) is 0.402. The van der Waals surface area contributed by atoms with E-state index in [1.165, 1.54) is 26.4 Å². The topological polar surface area (TPSA) is 111 Å². The number of hydrogen-bond donors (Lipinski definition) is 2. The number of aromatic hydroxyl groups is 1. The molecule has 3 rings (SSSR count). The highest BCUT2D eigenvalue weighted by Crippen LogP contribution is 2.45. The van der Waals surface area contributed by atoms with Crippen LogP contribution in [0, 0.1) is 11.8 Å². The first-order valence-electron chi connectivity index (χ1n) is 10.1. The fourth-order valence-corrected chi connectivity index (χ4v) is 4.25.